The van der Waals surface area contributed by atoms with E-state index in [4.69, 9.17) is 0 Å². The third kappa shape index (κ3) is 4.28. The highest BCUT2D eigenvalue weighted by molar-refractivity contribution is 9.10. The van der Waals surface area contributed by atoms with Crippen LogP contribution in [0.15, 0.2) is 28.7 Å². The summed E-state index contributed by atoms with van der Waals surface area (Å²) >= 11 is 3.64. The van der Waals surface area contributed by atoms with E-state index >= 15 is 0 Å². The van der Waals surface area contributed by atoms with Crippen LogP contribution in [0.5, 0.6) is 0 Å². The highest BCUT2D eigenvalue weighted by Crippen LogP contribution is 2.26. The summed E-state index contributed by atoms with van der Waals surface area (Å²) in [6.45, 7) is 6.00. The first-order valence-electron chi connectivity index (χ1n) is 7.09. The predicted octanol–water partition coefficient (Wildman–Crippen LogP) is 2.56. The summed E-state index contributed by atoms with van der Waals surface area (Å²) in [7, 11) is 0. The van der Waals surface area contributed by atoms with E-state index in [1.165, 1.54) is 10.0 Å². The zero-order chi connectivity index (χ0) is 13.7. The van der Waals surface area contributed by atoms with Crippen LogP contribution in [0.3, 0.4) is 0 Å². The van der Waals surface area contributed by atoms with Crippen molar-refractivity contribution < 1.29 is 5.11 Å². The zero-order valence-corrected chi connectivity index (χ0v) is 13.1. The van der Waals surface area contributed by atoms with Crippen molar-refractivity contribution >= 4 is 15.9 Å². The van der Waals surface area contributed by atoms with E-state index in [1.54, 1.807) is 0 Å². The van der Waals surface area contributed by atoms with Crippen LogP contribution in [-0.4, -0.2) is 42.3 Å². The minimum Gasteiger partial charge on any atom is -0.392 e. The number of nitrogens with one attached hydrogen (secondary N) is 1. The molecule has 1 saturated heterocycles. The molecular formula is C15H23BrN2O. The van der Waals surface area contributed by atoms with Gasteiger partial charge in [0.05, 0.1) is 6.10 Å². The van der Waals surface area contributed by atoms with E-state index in [0.717, 1.165) is 39.0 Å². The maximum Gasteiger partial charge on any atom is 0.0679 e. The molecule has 2 N–H and O–H groups in total. The second-order valence-electron chi connectivity index (χ2n) is 5.16. The first-order valence-corrected chi connectivity index (χ1v) is 7.88. The number of aliphatic hydroxyl groups excluding tert-OH is 1. The molecule has 106 valence electrons. The Morgan fingerprint density at radius 1 is 1.47 bits per heavy atom. The van der Waals surface area contributed by atoms with Gasteiger partial charge in [0.2, 0.25) is 0 Å². The Kier molecular flexibility index (Phi) is 5.82. The monoisotopic (exact) mass is 326 g/mol. The van der Waals surface area contributed by atoms with Gasteiger partial charge in [0, 0.05) is 30.1 Å². The molecule has 0 saturated carbocycles. The molecule has 19 heavy (non-hydrogen) atoms. The van der Waals surface area contributed by atoms with Crippen molar-refractivity contribution in [1.82, 2.24) is 10.2 Å². The van der Waals surface area contributed by atoms with Gasteiger partial charge in [0.1, 0.15) is 0 Å². The molecule has 1 fully saturated rings. The van der Waals surface area contributed by atoms with Crippen molar-refractivity contribution in [2.75, 3.05) is 26.2 Å². The lowest BCUT2D eigenvalue weighted by Crippen LogP contribution is -2.29. The van der Waals surface area contributed by atoms with Gasteiger partial charge in [-0.1, -0.05) is 41.1 Å². The second kappa shape index (κ2) is 7.39. The van der Waals surface area contributed by atoms with Crippen LogP contribution in [0.2, 0.25) is 0 Å². The lowest BCUT2D eigenvalue weighted by atomic mass is 10.0. The molecule has 4 heteroatoms. The molecule has 2 atom stereocenters. The van der Waals surface area contributed by atoms with Crippen molar-refractivity contribution in [3.63, 3.8) is 0 Å². The van der Waals surface area contributed by atoms with Gasteiger partial charge in [0.15, 0.2) is 0 Å². The van der Waals surface area contributed by atoms with E-state index in [9.17, 15) is 5.11 Å². The third-order valence-electron chi connectivity index (χ3n) is 3.71. The fourth-order valence-electron chi connectivity index (χ4n) is 2.70. The van der Waals surface area contributed by atoms with Crippen molar-refractivity contribution in [3.8, 4) is 0 Å². The van der Waals surface area contributed by atoms with Crippen LogP contribution in [0.25, 0.3) is 0 Å². The molecule has 0 spiro atoms. The standard InChI is InChI=1S/C15H23BrN2O/c1-2-17-15(13-5-3-4-6-14(13)16)8-10-18-9-7-12(19)11-18/h3-6,12,15,17,19H,2,7-11H2,1H3. The van der Waals surface area contributed by atoms with Crippen LogP contribution in [0.4, 0.5) is 0 Å². The summed E-state index contributed by atoms with van der Waals surface area (Å²) in [5.74, 6) is 0. The number of nitrogens with zero attached hydrogens (tertiary/aromatic N) is 1. The average Bonchev–Trinajstić information content (AvgIpc) is 2.81. The molecule has 2 unspecified atom stereocenters. The number of β-amino-alcohol motifs (C(OH)–C–C–N with tert-alkyl or cyclic N) is 1. The highest BCUT2D eigenvalue weighted by Gasteiger charge is 2.21. The molecule has 1 aliphatic heterocycles. The fraction of sp³-hybridized carbons (Fsp3) is 0.600. The van der Waals surface area contributed by atoms with E-state index in [-0.39, 0.29) is 6.10 Å². The summed E-state index contributed by atoms with van der Waals surface area (Å²) in [6, 6.07) is 8.78. The number of likely N-dealkylation sites (tertiary alicyclic amines) is 1. The summed E-state index contributed by atoms with van der Waals surface area (Å²) in [5.41, 5.74) is 1.32. The first kappa shape index (κ1) is 15.0. The molecule has 1 aliphatic rings. The lowest BCUT2D eigenvalue weighted by Gasteiger charge is -2.23. The number of hydrogen-bond donors (Lipinski definition) is 2. The molecule has 1 aromatic rings. The molecule has 3 nitrogen and oxygen atoms in total. The number of halogens is 1. The van der Waals surface area contributed by atoms with Crippen LogP contribution in [-0.2, 0) is 0 Å². The van der Waals surface area contributed by atoms with Crippen LogP contribution in [0.1, 0.15) is 31.4 Å². The van der Waals surface area contributed by atoms with E-state index in [2.05, 4.69) is 51.3 Å². The summed E-state index contributed by atoms with van der Waals surface area (Å²) in [5, 5.41) is 13.1. The van der Waals surface area contributed by atoms with E-state index in [0.29, 0.717) is 6.04 Å². The summed E-state index contributed by atoms with van der Waals surface area (Å²) < 4.78 is 1.17. The van der Waals surface area contributed by atoms with Crippen molar-refractivity contribution in [2.24, 2.45) is 0 Å². The van der Waals surface area contributed by atoms with Crippen molar-refractivity contribution in [3.05, 3.63) is 34.3 Å². The molecule has 1 aromatic carbocycles. The Balaban J connectivity index is 1.94. The van der Waals surface area contributed by atoms with Gasteiger partial charge in [-0.25, -0.2) is 0 Å². The van der Waals surface area contributed by atoms with Gasteiger partial charge in [0.25, 0.3) is 0 Å². The number of aliphatic hydroxyl groups is 1. The summed E-state index contributed by atoms with van der Waals surface area (Å²) in [4.78, 5) is 2.35. The number of hydrogen-bond acceptors (Lipinski definition) is 3. The Morgan fingerprint density at radius 3 is 2.89 bits per heavy atom. The molecule has 0 radical (unpaired) electrons. The average molecular weight is 327 g/mol. The predicted molar refractivity (Wildman–Crippen MR) is 82.2 cm³/mol. The molecule has 2 rings (SSSR count). The Hall–Kier alpha value is -0.420. The maximum atomic E-state index is 9.56. The van der Waals surface area contributed by atoms with Crippen LogP contribution >= 0.6 is 15.9 Å². The molecular weight excluding hydrogens is 304 g/mol. The minimum atomic E-state index is -0.124. The topological polar surface area (TPSA) is 35.5 Å². The molecule has 1 heterocycles. The maximum absolute atomic E-state index is 9.56. The van der Waals surface area contributed by atoms with Crippen molar-refractivity contribution in [2.45, 2.75) is 31.9 Å². The van der Waals surface area contributed by atoms with Gasteiger partial charge >= 0.3 is 0 Å². The van der Waals surface area contributed by atoms with Gasteiger partial charge in [-0.2, -0.15) is 0 Å². The Morgan fingerprint density at radius 2 is 2.26 bits per heavy atom. The quantitative estimate of drug-likeness (QED) is 0.843. The molecule has 0 aliphatic carbocycles. The number of benzene rings is 1. The summed E-state index contributed by atoms with van der Waals surface area (Å²) in [6.07, 6.45) is 1.87. The van der Waals surface area contributed by atoms with Crippen LogP contribution < -0.4 is 5.32 Å². The largest absolute Gasteiger partial charge is 0.392 e. The SMILES string of the molecule is CCNC(CCN1CCC(O)C1)c1ccccc1Br. The van der Waals surface area contributed by atoms with E-state index < -0.39 is 0 Å². The highest BCUT2D eigenvalue weighted by atomic mass is 79.9. The molecule has 0 aromatic heterocycles. The van der Waals surface area contributed by atoms with Gasteiger partial charge in [-0.15, -0.1) is 0 Å². The van der Waals surface area contributed by atoms with Crippen LogP contribution in [0, 0.1) is 0 Å². The minimum absolute atomic E-state index is 0.124. The first-order chi connectivity index (χ1) is 9.20. The third-order valence-corrected chi connectivity index (χ3v) is 4.43. The van der Waals surface area contributed by atoms with Gasteiger partial charge in [-0.05, 0) is 31.0 Å². The normalized spacial score (nSPS) is 21.7. The van der Waals surface area contributed by atoms with Gasteiger partial charge in [-0.3, -0.25) is 0 Å². The van der Waals surface area contributed by atoms with E-state index in [1.807, 2.05) is 6.07 Å². The Bertz CT molecular complexity index is 399. The fourth-order valence-corrected chi connectivity index (χ4v) is 3.26. The van der Waals surface area contributed by atoms with Crippen molar-refractivity contribution in [1.29, 1.82) is 0 Å². The molecule has 0 amide bonds. The lowest BCUT2D eigenvalue weighted by molar-refractivity contribution is 0.174. The van der Waals surface area contributed by atoms with Gasteiger partial charge < -0.3 is 15.3 Å². The number of rotatable bonds is 6. The smallest absolute Gasteiger partial charge is 0.0679 e. The molecule has 0 bridgehead atoms. The zero-order valence-electron chi connectivity index (χ0n) is 11.5. The Labute approximate surface area is 124 Å². The second-order valence-corrected chi connectivity index (χ2v) is 6.02.